The first-order valence-corrected chi connectivity index (χ1v) is 9.65. The molecule has 0 saturated carbocycles. The molecule has 0 saturated heterocycles. The van der Waals surface area contributed by atoms with Crippen LogP contribution in [0.1, 0.15) is 22.5 Å². The number of fused-ring (bicyclic) bond motifs is 1. The average Bonchev–Trinajstić information content (AvgIpc) is 3.04. The summed E-state index contributed by atoms with van der Waals surface area (Å²) >= 11 is 0. The molecule has 0 aliphatic rings. The maximum Gasteiger partial charge on any atom is 0.244 e. The lowest BCUT2D eigenvalue weighted by Crippen LogP contribution is -2.19. The molecule has 4 rings (SSSR count). The number of amides is 1. The molecule has 144 valence electrons. The molecule has 4 heteroatoms. The van der Waals surface area contributed by atoms with Gasteiger partial charge in [-0.3, -0.25) is 4.79 Å². The van der Waals surface area contributed by atoms with E-state index in [1.165, 1.54) is 0 Å². The van der Waals surface area contributed by atoms with Gasteiger partial charge in [0.05, 0.1) is 11.0 Å². The van der Waals surface area contributed by atoms with Crippen molar-refractivity contribution in [1.29, 1.82) is 0 Å². The lowest BCUT2D eigenvalue weighted by Gasteiger charge is -2.10. The van der Waals surface area contributed by atoms with Gasteiger partial charge < -0.3 is 9.88 Å². The van der Waals surface area contributed by atoms with E-state index in [-0.39, 0.29) is 12.5 Å². The number of carbonyl (C=O) groups is 1. The van der Waals surface area contributed by atoms with Gasteiger partial charge in [-0.1, -0.05) is 54.6 Å². The lowest BCUT2D eigenvalue weighted by atomic mass is 10.1. The van der Waals surface area contributed by atoms with Crippen LogP contribution in [0.5, 0.6) is 0 Å². The molecule has 1 heterocycles. The monoisotopic (exact) mass is 381 g/mol. The fraction of sp³-hybridized carbons (Fsp3) is 0.120. The number of hydrogen-bond donors (Lipinski definition) is 1. The van der Waals surface area contributed by atoms with Crippen LogP contribution in [-0.4, -0.2) is 15.5 Å². The van der Waals surface area contributed by atoms with Crippen LogP contribution in [0.3, 0.4) is 0 Å². The van der Waals surface area contributed by atoms with Crippen molar-refractivity contribution in [1.82, 2.24) is 9.55 Å². The average molecular weight is 381 g/mol. The highest BCUT2D eigenvalue weighted by Gasteiger charge is 2.12. The molecule has 3 aromatic carbocycles. The quantitative estimate of drug-likeness (QED) is 0.499. The summed E-state index contributed by atoms with van der Waals surface area (Å²) in [5.41, 5.74) is 5.97. The normalized spacial score (nSPS) is 11.2. The number of benzene rings is 3. The van der Waals surface area contributed by atoms with Gasteiger partial charge in [-0.2, -0.15) is 0 Å². The summed E-state index contributed by atoms with van der Waals surface area (Å²) in [5, 5.41) is 3.02. The number of imidazole rings is 1. The third-order valence-corrected chi connectivity index (χ3v) is 4.72. The number of rotatable bonds is 5. The zero-order chi connectivity index (χ0) is 20.2. The molecule has 1 N–H and O–H groups in total. The van der Waals surface area contributed by atoms with E-state index in [0.717, 1.165) is 39.2 Å². The Morgan fingerprint density at radius 2 is 1.62 bits per heavy atom. The van der Waals surface area contributed by atoms with Crippen molar-refractivity contribution < 1.29 is 4.79 Å². The first-order chi connectivity index (χ1) is 14.1. The number of aryl methyl sites for hydroxylation is 2. The van der Waals surface area contributed by atoms with Crippen LogP contribution in [0.2, 0.25) is 0 Å². The molecule has 0 unspecified atom stereocenters. The van der Waals surface area contributed by atoms with Crippen LogP contribution in [0.25, 0.3) is 23.2 Å². The van der Waals surface area contributed by atoms with Crippen LogP contribution < -0.4 is 5.32 Å². The predicted molar refractivity (Wildman–Crippen MR) is 120 cm³/mol. The molecular weight excluding hydrogens is 358 g/mol. The van der Waals surface area contributed by atoms with Gasteiger partial charge in [-0.05, 0) is 60.9 Å². The number of hydrogen-bond acceptors (Lipinski definition) is 2. The second-order valence-electron chi connectivity index (χ2n) is 7.21. The van der Waals surface area contributed by atoms with Gasteiger partial charge in [0.2, 0.25) is 5.91 Å². The fourth-order valence-corrected chi connectivity index (χ4v) is 3.51. The third kappa shape index (κ3) is 4.43. The molecule has 0 atom stereocenters. The topological polar surface area (TPSA) is 46.9 Å². The Labute approximate surface area is 170 Å². The Kier molecular flexibility index (Phi) is 5.25. The van der Waals surface area contributed by atoms with E-state index in [2.05, 4.69) is 11.4 Å². The van der Waals surface area contributed by atoms with Crippen molar-refractivity contribution in [3.05, 3.63) is 95.3 Å². The minimum atomic E-state index is -0.0764. The summed E-state index contributed by atoms with van der Waals surface area (Å²) in [6.45, 7) is 4.25. The molecule has 0 fully saturated rings. The van der Waals surface area contributed by atoms with Crippen molar-refractivity contribution in [2.45, 2.75) is 20.4 Å². The molecule has 0 spiro atoms. The smallest absolute Gasteiger partial charge is 0.244 e. The number of nitrogens with one attached hydrogen (secondary N) is 1. The van der Waals surface area contributed by atoms with E-state index in [9.17, 15) is 4.79 Å². The van der Waals surface area contributed by atoms with E-state index < -0.39 is 0 Å². The summed E-state index contributed by atoms with van der Waals surface area (Å²) in [6.07, 6.45) is 3.97. The van der Waals surface area contributed by atoms with Crippen molar-refractivity contribution in [3.63, 3.8) is 0 Å². The molecule has 0 aliphatic heterocycles. The van der Waals surface area contributed by atoms with E-state index in [1.807, 2.05) is 97.3 Å². The lowest BCUT2D eigenvalue weighted by molar-refractivity contribution is -0.116. The van der Waals surface area contributed by atoms with E-state index in [1.54, 1.807) is 0 Å². The SMILES string of the molecule is Cc1cc(C)cc(NC(=O)Cn2c(/C=C/c3ccccc3)nc3ccccc32)c1. The van der Waals surface area contributed by atoms with Gasteiger partial charge in [-0.15, -0.1) is 0 Å². The first kappa shape index (κ1) is 18.7. The maximum absolute atomic E-state index is 12.8. The van der Waals surface area contributed by atoms with Crippen LogP contribution >= 0.6 is 0 Å². The summed E-state index contributed by atoms with van der Waals surface area (Å²) in [4.78, 5) is 17.5. The van der Waals surface area contributed by atoms with Crippen LogP contribution in [0.15, 0.2) is 72.8 Å². The molecule has 1 amide bonds. The molecule has 29 heavy (non-hydrogen) atoms. The van der Waals surface area contributed by atoms with Crippen molar-refractivity contribution in [2.75, 3.05) is 5.32 Å². The minimum Gasteiger partial charge on any atom is -0.325 e. The fourth-order valence-electron chi connectivity index (χ4n) is 3.51. The molecule has 0 aliphatic carbocycles. The van der Waals surface area contributed by atoms with Gasteiger partial charge in [0.25, 0.3) is 0 Å². The Balaban J connectivity index is 1.63. The van der Waals surface area contributed by atoms with Crippen LogP contribution in [-0.2, 0) is 11.3 Å². The van der Waals surface area contributed by atoms with Gasteiger partial charge >= 0.3 is 0 Å². The highest BCUT2D eigenvalue weighted by atomic mass is 16.1. The highest BCUT2D eigenvalue weighted by Crippen LogP contribution is 2.19. The van der Waals surface area contributed by atoms with Gasteiger partial charge in [0.1, 0.15) is 12.4 Å². The predicted octanol–water partition coefficient (Wildman–Crippen LogP) is 5.46. The van der Waals surface area contributed by atoms with Gasteiger partial charge in [0, 0.05) is 5.69 Å². The zero-order valence-electron chi connectivity index (χ0n) is 16.6. The Hall–Kier alpha value is -3.66. The Morgan fingerprint density at radius 1 is 0.931 bits per heavy atom. The summed E-state index contributed by atoms with van der Waals surface area (Å²) < 4.78 is 1.95. The van der Waals surface area contributed by atoms with E-state index >= 15 is 0 Å². The number of carbonyl (C=O) groups excluding carboxylic acids is 1. The molecule has 1 aromatic heterocycles. The number of nitrogens with zero attached hydrogens (tertiary/aromatic N) is 2. The second kappa shape index (κ2) is 8.15. The van der Waals surface area contributed by atoms with Crippen LogP contribution in [0.4, 0.5) is 5.69 Å². The maximum atomic E-state index is 12.8. The standard InChI is InChI=1S/C25H23N3O/c1-18-14-19(2)16-21(15-18)26-25(29)17-28-23-11-7-6-10-22(23)27-24(28)13-12-20-8-4-3-5-9-20/h3-16H,17H2,1-2H3,(H,26,29)/b13-12+. The Bertz CT molecular complexity index is 1170. The largest absolute Gasteiger partial charge is 0.325 e. The number of para-hydroxylation sites is 2. The molecular formula is C25H23N3O. The molecule has 0 radical (unpaired) electrons. The first-order valence-electron chi connectivity index (χ1n) is 9.65. The van der Waals surface area contributed by atoms with Crippen molar-refractivity contribution >= 4 is 34.8 Å². The van der Waals surface area contributed by atoms with E-state index in [4.69, 9.17) is 4.98 Å². The molecule has 4 aromatic rings. The molecule has 4 nitrogen and oxygen atoms in total. The van der Waals surface area contributed by atoms with Gasteiger partial charge in [0.15, 0.2) is 0 Å². The Morgan fingerprint density at radius 3 is 2.38 bits per heavy atom. The number of anilines is 1. The zero-order valence-corrected chi connectivity index (χ0v) is 16.6. The van der Waals surface area contributed by atoms with Crippen molar-refractivity contribution in [3.8, 4) is 0 Å². The summed E-state index contributed by atoms with van der Waals surface area (Å²) in [5.74, 6) is 0.679. The summed E-state index contributed by atoms with van der Waals surface area (Å²) in [7, 11) is 0. The minimum absolute atomic E-state index is 0.0764. The van der Waals surface area contributed by atoms with Gasteiger partial charge in [-0.25, -0.2) is 4.98 Å². The van der Waals surface area contributed by atoms with Crippen LogP contribution in [0, 0.1) is 13.8 Å². The van der Waals surface area contributed by atoms with Crippen molar-refractivity contribution in [2.24, 2.45) is 0 Å². The highest BCUT2D eigenvalue weighted by molar-refractivity contribution is 5.92. The molecule has 0 bridgehead atoms. The number of aromatic nitrogens is 2. The third-order valence-electron chi connectivity index (χ3n) is 4.72. The summed E-state index contributed by atoms with van der Waals surface area (Å²) in [6, 6.07) is 24.0. The second-order valence-corrected chi connectivity index (χ2v) is 7.21. The van der Waals surface area contributed by atoms with E-state index in [0.29, 0.717) is 0 Å².